The largest absolute Gasteiger partial charge is 0.468 e. The second-order valence-corrected chi connectivity index (χ2v) is 11.0. The van der Waals surface area contributed by atoms with Crippen LogP contribution in [0.3, 0.4) is 0 Å². The molecule has 6 nitrogen and oxygen atoms in total. The maximum Gasteiger partial charge on any atom is 0.285 e. The van der Waals surface area contributed by atoms with Crippen molar-refractivity contribution in [2.75, 3.05) is 13.9 Å². The molecule has 1 unspecified atom stereocenters. The van der Waals surface area contributed by atoms with E-state index >= 15 is 0 Å². The average Bonchev–Trinajstić information content (AvgIpc) is 2.73. The maximum absolute atomic E-state index is 10.5. The second-order valence-electron chi connectivity index (χ2n) is 11.0. The van der Waals surface area contributed by atoms with Crippen molar-refractivity contribution in [3.8, 4) is 5.75 Å². The topological polar surface area (TPSA) is 88.4 Å². The van der Waals surface area contributed by atoms with E-state index in [1.165, 1.54) is 0 Å². The SMILES string of the molecule is CBB(OC(C)(C)C(C)(C)C)c1cc(OCOC)cc2cccc(C(C)(CCC)C(O)(O)O)c12. The lowest BCUT2D eigenvalue weighted by Crippen LogP contribution is -2.52. The summed E-state index contributed by atoms with van der Waals surface area (Å²) in [4.78, 5) is 0. The van der Waals surface area contributed by atoms with Crippen LogP contribution >= 0.6 is 0 Å². The molecular formula is C26H42B2O6. The van der Waals surface area contributed by atoms with Gasteiger partial charge < -0.3 is 29.4 Å². The average molecular weight is 472 g/mol. The smallest absolute Gasteiger partial charge is 0.285 e. The van der Waals surface area contributed by atoms with Crippen molar-refractivity contribution in [2.45, 2.75) is 85.1 Å². The van der Waals surface area contributed by atoms with Gasteiger partial charge in [0.2, 0.25) is 0 Å². The highest BCUT2D eigenvalue weighted by atomic mass is 16.7. The fourth-order valence-corrected chi connectivity index (χ4v) is 4.24. The summed E-state index contributed by atoms with van der Waals surface area (Å²) in [5.41, 5.74) is -0.340. The molecule has 2 aromatic rings. The van der Waals surface area contributed by atoms with E-state index in [2.05, 4.69) is 41.4 Å². The Kier molecular flexibility index (Phi) is 8.93. The summed E-state index contributed by atoms with van der Waals surface area (Å²) in [5.74, 6) is -2.26. The first-order valence-electron chi connectivity index (χ1n) is 12.2. The summed E-state index contributed by atoms with van der Waals surface area (Å²) in [6, 6.07) is 9.53. The molecule has 3 N–H and O–H groups in total. The highest BCUT2D eigenvalue weighted by molar-refractivity contribution is 7.16. The molecule has 2 aromatic carbocycles. The van der Waals surface area contributed by atoms with Gasteiger partial charge in [-0.25, -0.2) is 0 Å². The molecule has 0 aliphatic carbocycles. The molecule has 188 valence electrons. The van der Waals surface area contributed by atoms with E-state index in [9.17, 15) is 15.3 Å². The van der Waals surface area contributed by atoms with E-state index in [0.29, 0.717) is 31.3 Å². The standard InChI is InChI=1S/C26H42B2O6/c1-10-14-25(7,26(29,30)31)20-13-11-12-18-15-19(33-17-32-9)16-21(22(18)20)28(27-8)34-24(5,6)23(2,3)4/h11-13,15-16,27,29-31H,10,14,17H2,1-9H3. The number of hydrogen-bond acceptors (Lipinski definition) is 6. The summed E-state index contributed by atoms with van der Waals surface area (Å²) in [6.07, 6.45) is 1.04. The molecule has 0 aromatic heterocycles. The fourth-order valence-electron chi connectivity index (χ4n) is 4.24. The number of hydrogen-bond donors (Lipinski definition) is 3. The number of benzene rings is 2. The Balaban J connectivity index is 2.88. The Hall–Kier alpha value is -1.57. The lowest BCUT2D eigenvalue weighted by atomic mass is 9.30. The van der Waals surface area contributed by atoms with Crippen molar-refractivity contribution in [3.05, 3.63) is 35.9 Å². The van der Waals surface area contributed by atoms with E-state index in [1.807, 2.05) is 37.3 Å². The van der Waals surface area contributed by atoms with Crippen LogP contribution in [-0.4, -0.2) is 54.8 Å². The van der Waals surface area contributed by atoms with Crippen LogP contribution in [0.2, 0.25) is 6.82 Å². The molecule has 0 saturated carbocycles. The number of aliphatic hydroxyl groups is 3. The molecule has 0 spiro atoms. The molecule has 0 fully saturated rings. The van der Waals surface area contributed by atoms with Crippen LogP contribution in [0.4, 0.5) is 0 Å². The van der Waals surface area contributed by atoms with Crippen molar-refractivity contribution in [3.63, 3.8) is 0 Å². The van der Waals surface area contributed by atoms with Crippen LogP contribution in [-0.2, 0) is 14.8 Å². The third kappa shape index (κ3) is 5.80. The Morgan fingerprint density at radius 1 is 1.00 bits per heavy atom. The normalized spacial score (nSPS) is 14.7. The summed E-state index contributed by atoms with van der Waals surface area (Å²) in [7, 11) is 2.27. The van der Waals surface area contributed by atoms with Crippen molar-refractivity contribution < 1.29 is 29.4 Å². The predicted octanol–water partition coefficient (Wildman–Crippen LogP) is 3.53. The van der Waals surface area contributed by atoms with Crippen molar-refractivity contribution in [2.24, 2.45) is 5.41 Å². The van der Waals surface area contributed by atoms with Gasteiger partial charge in [-0.3, -0.25) is 0 Å². The van der Waals surface area contributed by atoms with Gasteiger partial charge in [0.1, 0.15) is 12.9 Å². The zero-order chi connectivity index (χ0) is 25.9. The van der Waals surface area contributed by atoms with Crippen LogP contribution in [0.25, 0.3) is 10.8 Å². The van der Waals surface area contributed by atoms with Gasteiger partial charge in [-0.05, 0) is 66.5 Å². The Morgan fingerprint density at radius 2 is 1.65 bits per heavy atom. The zero-order valence-corrected chi connectivity index (χ0v) is 22.4. The second kappa shape index (κ2) is 10.6. The van der Waals surface area contributed by atoms with Crippen LogP contribution in [0.15, 0.2) is 30.3 Å². The summed E-state index contributed by atoms with van der Waals surface area (Å²) in [5, 5.41) is 33.1. The van der Waals surface area contributed by atoms with Crippen LogP contribution in [0.5, 0.6) is 5.75 Å². The quantitative estimate of drug-likeness (QED) is 0.343. The van der Waals surface area contributed by atoms with Crippen molar-refractivity contribution in [1.82, 2.24) is 0 Å². The molecule has 0 radical (unpaired) electrons. The lowest BCUT2D eigenvalue weighted by Gasteiger charge is -2.42. The van der Waals surface area contributed by atoms with Gasteiger partial charge in [-0.1, -0.05) is 59.1 Å². The number of rotatable bonds is 11. The number of fused-ring (bicyclic) bond motifs is 1. The van der Waals surface area contributed by atoms with Crippen LogP contribution in [0.1, 0.15) is 66.9 Å². The van der Waals surface area contributed by atoms with Crippen molar-refractivity contribution >= 4 is 30.2 Å². The first-order valence-corrected chi connectivity index (χ1v) is 12.2. The van der Waals surface area contributed by atoms with E-state index in [0.717, 1.165) is 16.2 Å². The van der Waals surface area contributed by atoms with Crippen LogP contribution in [0, 0.1) is 5.41 Å². The van der Waals surface area contributed by atoms with Crippen LogP contribution < -0.4 is 10.2 Å². The Bertz CT molecular complexity index is 964. The van der Waals surface area contributed by atoms with Gasteiger partial charge in [0.25, 0.3) is 12.8 Å². The molecule has 0 saturated heterocycles. The molecule has 2 rings (SSSR count). The molecule has 8 heteroatoms. The molecule has 1 atom stereocenters. The minimum atomic E-state index is -2.90. The minimum Gasteiger partial charge on any atom is -0.468 e. The number of methoxy groups -OCH3 is 1. The predicted molar refractivity (Wildman–Crippen MR) is 141 cm³/mol. The fraction of sp³-hybridized carbons (Fsp3) is 0.615. The van der Waals surface area contributed by atoms with Gasteiger partial charge in [0.05, 0.1) is 11.0 Å². The highest BCUT2D eigenvalue weighted by Gasteiger charge is 2.47. The summed E-state index contributed by atoms with van der Waals surface area (Å²) in [6.45, 7) is 16.2. The zero-order valence-electron chi connectivity index (χ0n) is 22.4. The van der Waals surface area contributed by atoms with E-state index in [-0.39, 0.29) is 19.0 Å². The first kappa shape index (κ1) is 28.7. The molecular weight excluding hydrogens is 430 g/mol. The first-order chi connectivity index (χ1) is 15.6. The third-order valence-corrected chi connectivity index (χ3v) is 7.37. The van der Waals surface area contributed by atoms with Gasteiger partial charge in [-0.2, -0.15) is 0 Å². The Morgan fingerprint density at radius 3 is 2.15 bits per heavy atom. The third-order valence-electron chi connectivity index (χ3n) is 7.37. The van der Waals surface area contributed by atoms with Gasteiger partial charge in [-0.15, -0.1) is 0 Å². The monoisotopic (exact) mass is 472 g/mol. The summed E-state index contributed by atoms with van der Waals surface area (Å²) < 4.78 is 17.7. The maximum atomic E-state index is 10.5. The molecule has 0 aliphatic heterocycles. The van der Waals surface area contributed by atoms with Gasteiger partial charge >= 0.3 is 0 Å². The molecule has 0 amide bonds. The number of ether oxygens (including phenoxy) is 2. The van der Waals surface area contributed by atoms with Gasteiger partial charge in [0.15, 0.2) is 6.79 Å². The molecule has 0 aliphatic rings. The van der Waals surface area contributed by atoms with E-state index in [1.54, 1.807) is 14.0 Å². The van der Waals surface area contributed by atoms with E-state index in [4.69, 9.17) is 14.1 Å². The Labute approximate surface area is 206 Å². The van der Waals surface area contributed by atoms with Gasteiger partial charge in [0, 0.05) is 7.11 Å². The molecule has 34 heavy (non-hydrogen) atoms. The van der Waals surface area contributed by atoms with E-state index < -0.39 is 17.0 Å². The summed E-state index contributed by atoms with van der Waals surface area (Å²) >= 11 is 0. The highest BCUT2D eigenvalue weighted by Crippen LogP contribution is 2.41. The minimum absolute atomic E-state index is 0.107. The molecule has 0 heterocycles. The molecule has 0 bridgehead atoms. The lowest BCUT2D eigenvalue weighted by molar-refractivity contribution is -0.350. The van der Waals surface area contributed by atoms with Crippen molar-refractivity contribution in [1.29, 1.82) is 0 Å².